The van der Waals surface area contributed by atoms with Gasteiger partial charge in [-0.05, 0) is 18.7 Å². The van der Waals surface area contributed by atoms with Gasteiger partial charge >= 0.3 is 0 Å². The number of thioether (sulfide) groups is 1. The van der Waals surface area contributed by atoms with E-state index in [9.17, 15) is 0 Å². The van der Waals surface area contributed by atoms with Crippen molar-refractivity contribution < 1.29 is 0 Å². The molecule has 0 bridgehead atoms. The lowest BCUT2D eigenvalue weighted by Crippen LogP contribution is -2.35. The molecule has 1 atom stereocenters. The highest BCUT2D eigenvalue weighted by Gasteiger charge is 2.17. The standard InChI is InChI=1S/C13H22N2S2/c1-3-14-8-12-4-5-13(17-12)10-15-6-7-16-11(2)9-15/h4-5,11,14H,3,6-10H2,1-2H3. The Kier molecular flexibility index (Phi) is 5.35. The van der Waals surface area contributed by atoms with Crippen molar-refractivity contribution in [2.75, 3.05) is 25.4 Å². The van der Waals surface area contributed by atoms with Gasteiger partial charge < -0.3 is 5.32 Å². The summed E-state index contributed by atoms with van der Waals surface area (Å²) in [4.78, 5) is 5.56. The molecule has 0 aliphatic carbocycles. The molecular formula is C13H22N2S2. The molecule has 1 saturated heterocycles. The Morgan fingerprint density at radius 2 is 2.24 bits per heavy atom. The summed E-state index contributed by atoms with van der Waals surface area (Å²) in [6, 6.07) is 4.56. The number of nitrogens with one attached hydrogen (secondary N) is 1. The lowest BCUT2D eigenvalue weighted by molar-refractivity contribution is 0.281. The van der Waals surface area contributed by atoms with Gasteiger partial charge in [-0.15, -0.1) is 11.3 Å². The van der Waals surface area contributed by atoms with Gasteiger partial charge in [-0.3, -0.25) is 4.90 Å². The van der Waals surface area contributed by atoms with Crippen molar-refractivity contribution in [3.8, 4) is 0 Å². The van der Waals surface area contributed by atoms with Crippen molar-refractivity contribution in [1.29, 1.82) is 0 Å². The Labute approximate surface area is 113 Å². The molecule has 17 heavy (non-hydrogen) atoms. The van der Waals surface area contributed by atoms with E-state index in [0.29, 0.717) is 0 Å². The lowest BCUT2D eigenvalue weighted by atomic mass is 10.3. The smallest absolute Gasteiger partial charge is 0.0328 e. The molecule has 1 N–H and O–H groups in total. The number of nitrogens with zero attached hydrogens (tertiary/aromatic N) is 1. The van der Waals surface area contributed by atoms with Crippen molar-refractivity contribution in [3.05, 3.63) is 21.9 Å². The first-order chi connectivity index (χ1) is 8.28. The molecule has 1 unspecified atom stereocenters. The Morgan fingerprint density at radius 3 is 3.00 bits per heavy atom. The van der Waals surface area contributed by atoms with Crippen molar-refractivity contribution in [2.45, 2.75) is 32.2 Å². The molecule has 0 radical (unpaired) electrons. The maximum absolute atomic E-state index is 3.38. The molecule has 1 aliphatic heterocycles. The second-order valence-electron chi connectivity index (χ2n) is 4.56. The van der Waals surface area contributed by atoms with Crippen molar-refractivity contribution in [3.63, 3.8) is 0 Å². The fourth-order valence-corrected chi connectivity index (χ4v) is 4.22. The number of rotatable bonds is 5. The normalized spacial score (nSPS) is 21.9. The minimum atomic E-state index is 0.796. The first kappa shape index (κ1) is 13.4. The summed E-state index contributed by atoms with van der Waals surface area (Å²) in [5.41, 5.74) is 0. The predicted octanol–water partition coefficient (Wildman–Crippen LogP) is 2.79. The van der Waals surface area contributed by atoms with Crippen LogP contribution in [0.25, 0.3) is 0 Å². The molecule has 4 heteroatoms. The predicted molar refractivity (Wildman–Crippen MR) is 78.9 cm³/mol. The highest BCUT2D eigenvalue weighted by molar-refractivity contribution is 7.99. The molecule has 0 saturated carbocycles. The minimum Gasteiger partial charge on any atom is -0.312 e. The van der Waals surface area contributed by atoms with Gasteiger partial charge in [0.2, 0.25) is 0 Å². The summed E-state index contributed by atoms with van der Waals surface area (Å²) in [6.07, 6.45) is 0. The highest BCUT2D eigenvalue weighted by Crippen LogP contribution is 2.22. The molecule has 1 aromatic heterocycles. The summed E-state index contributed by atoms with van der Waals surface area (Å²) in [5, 5.41) is 4.18. The fraction of sp³-hybridized carbons (Fsp3) is 0.692. The van der Waals surface area contributed by atoms with Crippen LogP contribution < -0.4 is 5.32 Å². The monoisotopic (exact) mass is 270 g/mol. The molecule has 96 valence electrons. The number of hydrogen-bond donors (Lipinski definition) is 1. The summed E-state index contributed by atoms with van der Waals surface area (Å²) in [7, 11) is 0. The third kappa shape index (κ3) is 4.28. The van der Waals surface area contributed by atoms with E-state index >= 15 is 0 Å². The Bertz CT molecular complexity index is 338. The van der Waals surface area contributed by atoms with Crippen LogP contribution in [0.2, 0.25) is 0 Å². The van der Waals surface area contributed by atoms with Crippen molar-refractivity contribution in [1.82, 2.24) is 10.2 Å². The Morgan fingerprint density at radius 1 is 1.41 bits per heavy atom. The van der Waals surface area contributed by atoms with E-state index < -0.39 is 0 Å². The van der Waals surface area contributed by atoms with E-state index in [-0.39, 0.29) is 0 Å². The van der Waals surface area contributed by atoms with Gasteiger partial charge in [0.15, 0.2) is 0 Å². The van der Waals surface area contributed by atoms with Gasteiger partial charge in [0.25, 0.3) is 0 Å². The van der Waals surface area contributed by atoms with E-state index in [1.54, 1.807) is 0 Å². The van der Waals surface area contributed by atoms with E-state index in [2.05, 4.69) is 48.0 Å². The van der Waals surface area contributed by atoms with Crippen LogP contribution in [0, 0.1) is 0 Å². The molecule has 2 rings (SSSR count). The van der Waals surface area contributed by atoms with E-state index in [1.165, 1.54) is 28.6 Å². The number of thiophene rings is 1. The first-order valence-corrected chi connectivity index (χ1v) is 8.26. The third-order valence-corrected chi connectivity index (χ3v) is 5.18. The number of hydrogen-bond acceptors (Lipinski definition) is 4. The third-order valence-electron chi connectivity index (χ3n) is 2.97. The van der Waals surface area contributed by atoms with Gasteiger partial charge in [-0.2, -0.15) is 11.8 Å². The SMILES string of the molecule is CCNCc1ccc(CN2CCSC(C)C2)s1. The summed E-state index contributed by atoms with van der Waals surface area (Å²) < 4.78 is 0. The average molecular weight is 270 g/mol. The fourth-order valence-electron chi connectivity index (χ4n) is 2.11. The van der Waals surface area contributed by atoms with Gasteiger partial charge in [0, 0.05) is 46.9 Å². The average Bonchev–Trinajstić information content (AvgIpc) is 2.74. The molecule has 1 fully saturated rings. The molecule has 0 amide bonds. The Hall–Kier alpha value is -0.0300. The van der Waals surface area contributed by atoms with E-state index in [1.807, 2.05) is 11.3 Å². The largest absolute Gasteiger partial charge is 0.312 e. The molecule has 1 aromatic rings. The molecule has 0 spiro atoms. The minimum absolute atomic E-state index is 0.796. The highest BCUT2D eigenvalue weighted by atomic mass is 32.2. The molecule has 2 nitrogen and oxygen atoms in total. The summed E-state index contributed by atoms with van der Waals surface area (Å²) >= 11 is 4.06. The van der Waals surface area contributed by atoms with E-state index in [4.69, 9.17) is 0 Å². The first-order valence-electron chi connectivity index (χ1n) is 6.40. The van der Waals surface area contributed by atoms with Crippen LogP contribution >= 0.6 is 23.1 Å². The second kappa shape index (κ2) is 6.78. The zero-order chi connectivity index (χ0) is 12.1. The summed E-state index contributed by atoms with van der Waals surface area (Å²) in [5.74, 6) is 1.29. The van der Waals surface area contributed by atoms with Gasteiger partial charge in [0.1, 0.15) is 0 Å². The van der Waals surface area contributed by atoms with Crippen LogP contribution in [0.1, 0.15) is 23.6 Å². The summed E-state index contributed by atoms with van der Waals surface area (Å²) in [6.45, 7) is 10.2. The Balaban J connectivity index is 1.83. The van der Waals surface area contributed by atoms with Crippen LogP contribution in [0.4, 0.5) is 0 Å². The molecule has 0 aromatic carbocycles. The van der Waals surface area contributed by atoms with Crippen LogP contribution in [-0.2, 0) is 13.1 Å². The zero-order valence-corrected chi connectivity index (χ0v) is 12.4. The molecular weight excluding hydrogens is 248 g/mol. The van der Waals surface area contributed by atoms with Crippen LogP contribution in [0.5, 0.6) is 0 Å². The zero-order valence-electron chi connectivity index (χ0n) is 10.7. The van der Waals surface area contributed by atoms with Gasteiger partial charge in [0.05, 0.1) is 0 Å². The second-order valence-corrected chi connectivity index (χ2v) is 7.36. The van der Waals surface area contributed by atoms with E-state index in [0.717, 1.165) is 24.9 Å². The lowest BCUT2D eigenvalue weighted by Gasteiger charge is -2.29. The van der Waals surface area contributed by atoms with Crippen molar-refractivity contribution >= 4 is 23.1 Å². The van der Waals surface area contributed by atoms with Crippen LogP contribution in [0.15, 0.2) is 12.1 Å². The van der Waals surface area contributed by atoms with Gasteiger partial charge in [-0.25, -0.2) is 0 Å². The maximum atomic E-state index is 3.38. The van der Waals surface area contributed by atoms with Crippen LogP contribution in [-0.4, -0.2) is 35.5 Å². The van der Waals surface area contributed by atoms with Gasteiger partial charge in [-0.1, -0.05) is 13.8 Å². The molecule has 2 heterocycles. The van der Waals surface area contributed by atoms with Crippen LogP contribution in [0.3, 0.4) is 0 Å². The maximum Gasteiger partial charge on any atom is 0.0328 e. The topological polar surface area (TPSA) is 15.3 Å². The van der Waals surface area contributed by atoms with Crippen molar-refractivity contribution in [2.24, 2.45) is 0 Å². The quantitative estimate of drug-likeness (QED) is 0.886. The molecule has 1 aliphatic rings.